The molecule has 0 saturated carbocycles. The lowest BCUT2D eigenvalue weighted by molar-refractivity contribution is -0.227. The quantitative estimate of drug-likeness (QED) is 0.477. The molecule has 1 aromatic rings. The van der Waals surface area contributed by atoms with E-state index in [0.29, 0.717) is 6.07 Å². The van der Waals surface area contributed by atoms with E-state index in [9.17, 15) is 34.8 Å². The van der Waals surface area contributed by atoms with Gasteiger partial charge >= 0.3 is 21.8 Å². The van der Waals surface area contributed by atoms with E-state index in [2.05, 4.69) is 4.18 Å². The molecule has 0 amide bonds. The van der Waals surface area contributed by atoms with Gasteiger partial charge in [0.15, 0.2) is 0 Å². The van der Waals surface area contributed by atoms with E-state index in [-0.39, 0.29) is 5.56 Å². The lowest BCUT2D eigenvalue weighted by Gasteiger charge is -2.28. The standard InChI is InChI=1S/C11H7F6NO3S/c12-10(13,14)9(7-18,6-8-4-2-1-3-5-8)21-22(19,20)11(15,16)17/h1-5H,6H2. The van der Waals surface area contributed by atoms with E-state index in [1.165, 1.54) is 18.2 Å². The van der Waals surface area contributed by atoms with Crippen molar-refractivity contribution >= 4 is 10.1 Å². The first-order chi connectivity index (χ1) is 9.85. The van der Waals surface area contributed by atoms with Crippen LogP contribution in [0, 0.1) is 11.3 Å². The van der Waals surface area contributed by atoms with E-state index in [0.717, 1.165) is 12.1 Å². The van der Waals surface area contributed by atoms with Gasteiger partial charge in [0, 0.05) is 6.42 Å². The molecule has 0 bridgehead atoms. The summed E-state index contributed by atoms with van der Waals surface area (Å²) in [5.74, 6) is 0. The second kappa shape index (κ2) is 5.77. The zero-order chi connectivity index (χ0) is 17.2. The number of rotatable bonds is 4. The Morgan fingerprint density at radius 1 is 1.05 bits per heavy atom. The first-order valence-electron chi connectivity index (χ1n) is 5.38. The molecule has 0 heterocycles. The fourth-order valence-corrected chi connectivity index (χ4v) is 2.08. The van der Waals surface area contributed by atoms with Crippen LogP contribution < -0.4 is 0 Å². The maximum absolute atomic E-state index is 13.0. The second-order valence-electron chi connectivity index (χ2n) is 4.08. The molecule has 22 heavy (non-hydrogen) atoms. The first kappa shape index (κ1) is 18.2. The van der Waals surface area contributed by atoms with Crippen LogP contribution in [0.5, 0.6) is 0 Å². The third-order valence-corrected chi connectivity index (χ3v) is 3.54. The van der Waals surface area contributed by atoms with Gasteiger partial charge in [0.05, 0.1) is 0 Å². The molecule has 11 heteroatoms. The SMILES string of the molecule is N#CC(Cc1ccccc1)(OS(=O)(=O)C(F)(F)F)C(F)(F)F. The van der Waals surface area contributed by atoms with Crippen molar-refractivity contribution in [3.05, 3.63) is 35.9 Å². The minimum absolute atomic E-state index is 0.223. The van der Waals surface area contributed by atoms with E-state index in [4.69, 9.17) is 5.26 Å². The Hall–Kier alpha value is -1.80. The molecular weight excluding hydrogens is 340 g/mol. The summed E-state index contributed by atoms with van der Waals surface area (Å²) in [5, 5.41) is 8.68. The fraction of sp³-hybridized carbons (Fsp3) is 0.364. The summed E-state index contributed by atoms with van der Waals surface area (Å²) >= 11 is 0. The van der Waals surface area contributed by atoms with Crippen LogP contribution in [0.15, 0.2) is 30.3 Å². The van der Waals surface area contributed by atoms with Crippen molar-refractivity contribution in [3.8, 4) is 6.07 Å². The highest BCUT2D eigenvalue weighted by Crippen LogP contribution is 2.40. The van der Waals surface area contributed by atoms with E-state index in [1.54, 1.807) is 0 Å². The Kier molecular flexibility index (Phi) is 4.79. The van der Waals surface area contributed by atoms with Crippen molar-refractivity contribution in [2.75, 3.05) is 0 Å². The predicted octanol–water partition coefficient (Wildman–Crippen LogP) is 2.92. The molecule has 0 fully saturated rings. The molecule has 1 aromatic carbocycles. The van der Waals surface area contributed by atoms with Crippen molar-refractivity contribution in [2.45, 2.75) is 23.7 Å². The molecule has 0 spiro atoms. The van der Waals surface area contributed by atoms with Gasteiger partial charge in [-0.05, 0) is 5.56 Å². The molecule has 1 atom stereocenters. The Morgan fingerprint density at radius 2 is 1.55 bits per heavy atom. The number of hydrogen-bond acceptors (Lipinski definition) is 4. The van der Waals surface area contributed by atoms with Crippen molar-refractivity contribution in [1.29, 1.82) is 5.26 Å². The Balaban J connectivity index is 3.34. The number of hydrogen-bond donors (Lipinski definition) is 0. The summed E-state index contributed by atoms with van der Waals surface area (Å²) < 4.78 is 101. The average molecular weight is 347 g/mol. The third kappa shape index (κ3) is 3.69. The van der Waals surface area contributed by atoms with Gasteiger partial charge in [0.2, 0.25) is 0 Å². The molecule has 0 N–H and O–H groups in total. The maximum atomic E-state index is 13.0. The highest BCUT2D eigenvalue weighted by molar-refractivity contribution is 7.87. The zero-order valence-corrected chi connectivity index (χ0v) is 11.3. The molecule has 0 saturated heterocycles. The fourth-order valence-electron chi connectivity index (χ4n) is 1.42. The van der Waals surface area contributed by atoms with Crippen LogP contribution >= 0.6 is 0 Å². The predicted molar refractivity (Wildman–Crippen MR) is 60.6 cm³/mol. The van der Waals surface area contributed by atoms with Gasteiger partial charge in [0.25, 0.3) is 5.60 Å². The van der Waals surface area contributed by atoms with Crippen LogP contribution in [-0.4, -0.2) is 25.7 Å². The average Bonchev–Trinajstić information content (AvgIpc) is 2.36. The van der Waals surface area contributed by atoms with Crippen LogP contribution in [0.3, 0.4) is 0 Å². The third-order valence-electron chi connectivity index (χ3n) is 2.47. The van der Waals surface area contributed by atoms with Gasteiger partial charge in [-0.3, -0.25) is 0 Å². The van der Waals surface area contributed by atoms with Crippen molar-refractivity contribution in [3.63, 3.8) is 0 Å². The lowest BCUT2D eigenvalue weighted by Crippen LogP contribution is -2.51. The summed E-state index contributed by atoms with van der Waals surface area (Å²) in [4.78, 5) is 0. The van der Waals surface area contributed by atoms with Crippen LogP contribution in [0.2, 0.25) is 0 Å². The molecule has 0 radical (unpaired) electrons. The van der Waals surface area contributed by atoms with Crippen LogP contribution in [0.4, 0.5) is 26.3 Å². The minimum Gasteiger partial charge on any atom is -0.231 e. The van der Waals surface area contributed by atoms with Crippen LogP contribution in [0.1, 0.15) is 5.56 Å². The minimum atomic E-state index is -6.61. The van der Waals surface area contributed by atoms with Crippen molar-refractivity contribution in [1.82, 2.24) is 0 Å². The van der Waals surface area contributed by atoms with Gasteiger partial charge in [0.1, 0.15) is 6.07 Å². The highest BCUT2D eigenvalue weighted by atomic mass is 32.2. The molecule has 0 aromatic heterocycles. The van der Waals surface area contributed by atoms with Crippen LogP contribution in [0.25, 0.3) is 0 Å². The topological polar surface area (TPSA) is 67.2 Å². The van der Waals surface area contributed by atoms with Crippen LogP contribution in [-0.2, 0) is 20.7 Å². The Labute approximate surface area is 121 Å². The van der Waals surface area contributed by atoms with Gasteiger partial charge in [-0.25, -0.2) is 4.18 Å². The molecule has 122 valence electrons. The maximum Gasteiger partial charge on any atom is 0.523 e. The summed E-state index contributed by atoms with van der Waals surface area (Å²) in [6.45, 7) is 0. The normalized spacial score (nSPS) is 15.9. The van der Waals surface area contributed by atoms with Gasteiger partial charge in [-0.1, -0.05) is 30.3 Å². The number of benzene rings is 1. The van der Waals surface area contributed by atoms with Gasteiger partial charge in [-0.2, -0.15) is 40.0 Å². The smallest absolute Gasteiger partial charge is 0.231 e. The molecule has 1 unspecified atom stereocenters. The zero-order valence-electron chi connectivity index (χ0n) is 10.4. The number of alkyl halides is 6. The Bertz CT molecular complexity index is 662. The first-order valence-corrected chi connectivity index (χ1v) is 6.79. The highest BCUT2D eigenvalue weighted by Gasteiger charge is 2.63. The summed E-state index contributed by atoms with van der Waals surface area (Å²) in [7, 11) is -6.61. The van der Waals surface area contributed by atoms with Crippen molar-refractivity contribution < 1.29 is 38.9 Å². The second-order valence-corrected chi connectivity index (χ2v) is 5.62. The lowest BCUT2D eigenvalue weighted by atomic mass is 9.95. The van der Waals surface area contributed by atoms with Gasteiger partial charge < -0.3 is 0 Å². The van der Waals surface area contributed by atoms with E-state index >= 15 is 0 Å². The largest absolute Gasteiger partial charge is 0.523 e. The summed E-state index contributed by atoms with van der Waals surface area (Å²) in [6.07, 6.45) is -7.08. The monoisotopic (exact) mass is 347 g/mol. The Morgan fingerprint density at radius 3 is 1.91 bits per heavy atom. The summed E-state index contributed by atoms with van der Waals surface area (Å²) in [5.41, 5.74) is -10.5. The summed E-state index contributed by atoms with van der Waals surface area (Å²) in [6, 6.07) is 6.63. The molecule has 0 aliphatic carbocycles. The molecule has 4 nitrogen and oxygen atoms in total. The number of nitriles is 1. The van der Waals surface area contributed by atoms with Gasteiger partial charge in [-0.15, -0.1) is 0 Å². The number of nitrogens with zero attached hydrogens (tertiary/aromatic N) is 1. The van der Waals surface area contributed by atoms with E-state index < -0.39 is 33.8 Å². The number of halogens is 6. The molecular formula is C11H7F6NO3S. The molecule has 0 aliphatic heterocycles. The van der Waals surface area contributed by atoms with E-state index in [1.807, 2.05) is 0 Å². The molecule has 1 rings (SSSR count). The molecule has 0 aliphatic rings. The van der Waals surface area contributed by atoms with Crippen molar-refractivity contribution in [2.24, 2.45) is 0 Å².